The van der Waals surface area contributed by atoms with Crippen LogP contribution in [0.25, 0.3) is 6.08 Å². The van der Waals surface area contributed by atoms with Crippen LogP contribution >= 0.6 is 0 Å². The highest BCUT2D eigenvalue weighted by molar-refractivity contribution is 5.68. The predicted octanol–water partition coefficient (Wildman–Crippen LogP) is 2.35. The fraction of sp³-hybridized carbons (Fsp3) is 0.476. The third kappa shape index (κ3) is 5.19. The van der Waals surface area contributed by atoms with Crippen molar-refractivity contribution in [2.75, 3.05) is 26.2 Å². The fourth-order valence-electron chi connectivity index (χ4n) is 3.63. The van der Waals surface area contributed by atoms with Crippen molar-refractivity contribution >= 4 is 12.0 Å². The number of ether oxygens (including phenoxy) is 1. The minimum absolute atomic E-state index is 0.123. The van der Waals surface area contributed by atoms with Crippen LogP contribution < -0.4 is 5.69 Å². The minimum Gasteiger partial charge on any atom is -0.465 e. The van der Waals surface area contributed by atoms with Crippen molar-refractivity contribution in [1.29, 1.82) is 0 Å². The zero-order valence-corrected chi connectivity index (χ0v) is 16.6. The van der Waals surface area contributed by atoms with E-state index < -0.39 is 5.97 Å². The van der Waals surface area contributed by atoms with Gasteiger partial charge in [0.1, 0.15) is 12.9 Å². The summed E-state index contributed by atoms with van der Waals surface area (Å²) in [5.41, 5.74) is 2.30. The van der Waals surface area contributed by atoms with Gasteiger partial charge in [0.05, 0.1) is 6.61 Å². The molecule has 0 radical (unpaired) electrons. The molecule has 7 nitrogen and oxygen atoms in total. The van der Waals surface area contributed by atoms with E-state index in [0.717, 1.165) is 32.5 Å². The van der Waals surface area contributed by atoms with Gasteiger partial charge in [-0.05, 0) is 32.3 Å². The van der Waals surface area contributed by atoms with E-state index in [-0.39, 0.29) is 18.3 Å². The number of carbonyl (C=O) groups is 1. The molecule has 1 aromatic carbocycles. The summed E-state index contributed by atoms with van der Waals surface area (Å²) in [6.07, 6.45) is 5.55. The zero-order valence-electron chi connectivity index (χ0n) is 16.6. The van der Waals surface area contributed by atoms with Crippen LogP contribution in [-0.4, -0.2) is 51.5 Å². The van der Waals surface area contributed by atoms with E-state index in [1.807, 2.05) is 18.2 Å². The van der Waals surface area contributed by atoms with E-state index in [4.69, 9.17) is 4.74 Å². The lowest BCUT2D eigenvalue weighted by atomic mass is 10.0. The second kappa shape index (κ2) is 9.50. The van der Waals surface area contributed by atoms with Gasteiger partial charge >= 0.3 is 11.7 Å². The Morgan fingerprint density at radius 2 is 1.93 bits per heavy atom. The van der Waals surface area contributed by atoms with E-state index in [0.29, 0.717) is 6.61 Å². The van der Waals surface area contributed by atoms with Crippen LogP contribution in [-0.2, 0) is 16.1 Å². The van der Waals surface area contributed by atoms with E-state index >= 15 is 0 Å². The number of carbonyl (C=O) groups excluding carboxylic acids is 1. The maximum Gasteiger partial charge on any atom is 0.346 e. The Morgan fingerprint density at radius 3 is 2.61 bits per heavy atom. The largest absolute Gasteiger partial charge is 0.465 e. The third-order valence-corrected chi connectivity index (χ3v) is 4.98. The number of nitrogens with zero attached hydrogens (tertiary/aromatic N) is 4. The average Bonchev–Trinajstić information content (AvgIpc) is 3.04. The SMILES string of the molecule is CCOC(=O)Cn1ncn(C2CCN(C/C(C)=C/c3ccccc3)CC2)c1=O. The van der Waals surface area contributed by atoms with E-state index in [9.17, 15) is 9.59 Å². The fourth-order valence-corrected chi connectivity index (χ4v) is 3.63. The van der Waals surface area contributed by atoms with Crippen molar-refractivity contribution < 1.29 is 9.53 Å². The molecular weight excluding hydrogens is 356 g/mol. The maximum absolute atomic E-state index is 12.5. The topological polar surface area (TPSA) is 69.4 Å². The number of aromatic nitrogens is 3. The van der Waals surface area contributed by atoms with Crippen LogP contribution in [0.2, 0.25) is 0 Å². The summed E-state index contributed by atoms with van der Waals surface area (Å²) < 4.78 is 7.72. The summed E-state index contributed by atoms with van der Waals surface area (Å²) in [6, 6.07) is 10.5. The molecule has 1 aromatic heterocycles. The highest BCUT2D eigenvalue weighted by atomic mass is 16.5. The molecule has 7 heteroatoms. The van der Waals surface area contributed by atoms with Crippen LogP contribution in [0.1, 0.15) is 38.3 Å². The zero-order chi connectivity index (χ0) is 19.9. The van der Waals surface area contributed by atoms with Gasteiger partial charge in [-0.2, -0.15) is 5.10 Å². The minimum atomic E-state index is -0.439. The van der Waals surface area contributed by atoms with Crippen LogP contribution in [0, 0.1) is 0 Å². The van der Waals surface area contributed by atoms with Gasteiger partial charge in [0.25, 0.3) is 0 Å². The normalized spacial score (nSPS) is 16.3. The molecule has 0 bridgehead atoms. The van der Waals surface area contributed by atoms with E-state index in [1.165, 1.54) is 15.8 Å². The van der Waals surface area contributed by atoms with Crippen LogP contribution in [0.15, 0.2) is 47.0 Å². The first-order chi connectivity index (χ1) is 13.6. The van der Waals surface area contributed by atoms with Gasteiger partial charge in [-0.3, -0.25) is 14.3 Å². The predicted molar refractivity (Wildman–Crippen MR) is 108 cm³/mol. The van der Waals surface area contributed by atoms with E-state index in [1.54, 1.807) is 17.8 Å². The summed E-state index contributed by atoms with van der Waals surface area (Å²) in [5, 5.41) is 4.07. The van der Waals surface area contributed by atoms with Gasteiger partial charge < -0.3 is 4.74 Å². The van der Waals surface area contributed by atoms with Crippen molar-refractivity contribution in [2.24, 2.45) is 0 Å². The van der Waals surface area contributed by atoms with Crippen molar-refractivity contribution in [3.63, 3.8) is 0 Å². The quantitative estimate of drug-likeness (QED) is 0.686. The molecule has 0 aliphatic carbocycles. The number of rotatable bonds is 7. The Balaban J connectivity index is 1.54. The molecule has 28 heavy (non-hydrogen) atoms. The summed E-state index contributed by atoms with van der Waals surface area (Å²) in [4.78, 5) is 26.5. The molecule has 1 saturated heterocycles. The Bertz CT molecular complexity index is 861. The number of hydrogen-bond donors (Lipinski definition) is 0. The standard InChI is InChI=1S/C21H28N4O3/c1-3-28-20(26)15-25-21(27)24(16-22-25)19-9-11-23(12-10-19)14-17(2)13-18-7-5-4-6-8-18/h4-8,13,16,19H,3,9-12,14-15H2,1-2H3/b17-13+. The molecule has 0 N–H and O–H groups in total. The van der Waals surface area contributed by atoms with Crippen molar-refractivity contribution in [1.82, 2.24) is 19.2 Å². The van der Waals surface area contributed by atoms with Crippen LogP contribution in [0.4, 0.5) is 0 Å². The highest BCUT2D eigenvalue weighted by Gasteiger charge is 2.23. The number of likely N-dealkylation sites (tertiary alicyclic amines) is 1. The molecule has 150 valence electrons. The molecule has 0 atom stereocenters. The third-order valence-electron chi connectivity index (χ3n) is 4.98. The summed E-state index contributed by atoms with van der Waals surface area (Å²) >= 11 is 0. The van der Waals surface area contributed by atoms with Crippen molar-refractivity contribution in [3.8, 4) is 0 Å². The summed E-state index contributed by atoms with van der Waals surface area (Å²) in [5.74, 6) is -0.439. The Kier molecular flexibility index (Phi) is 6.81. The Morgan fingerprint density at radius 1 is 1.21 bits per heavy atom. The molecular formula is C21H28N4O3. The van der Waals surface area contributed by atoms with Crippen molar-refractivity contribution in [2.45, 2.75) is 39.3 Å². The molecule has 3 rings (SSSR count). The van der Waals surface area contributed by atoms with Gasteiger partial charge in [0, 0.05) is 25.7 Å². The summed E-state index contributed by atoms with van der Waals surface area (Å²) in [6.45, 7) is 6.85. The second-order valence-corrected chi connectivity index (χ2v) is 7.19. The molecule has 2 aromatic rings. The van der Waals surface area contributed by atoms with Gasteiger partial charge in [-0.25, -0.2) is 9.48 Å². The monoisotopic (exact) mass is 384 g/mol. The lowest BCUT2D eigenvalue weighted by Gasteiger charge is -2.32. The molecule has 0 spiro atoms. The van der Waals surface area contributed by atoms with Crippen molar-refractivity contribution in [3.05, 3.63) is 58.3 Å². The number of esters is 1. The second-order valence-electron chi connectivity index (χ2n) is 7.19. The highest BCUT2D eigenvalue weighted by Crippen LogP contribution is 2.21. The summed E-state index contributed by atoms with van der Waals surface area (Å²) in [7, 11) is 0. The molecule has 1 aliphatic heterocycles. The number of piperidine rings is 1. The van der Waals surface area contributed by atoms with Gasteiger partial charge in [-0.15, -0.1) is 0 Å². The smallest absolute Gasteiger partial charge is 0.346 e. The Hall–Kier alpha value is -2.67. The first-order valence-corrected chi connectivity index (χ1v) is 9.81. The van der Waals surface area contributed by atoms with Crippen LogP contribution in [0.5, 0.6) is 0 Å². The lowest BCUT2D eigenvalue weighted by Crippen LogP contribution is -2.38. The molecule has 2 heterocycles. The van der Waals surface area contributed by atoms with Gasteiger partial charge in [0.2, 0.25) is 0 Å². The average molecular weight is 384 g/mol. The first kappa shape index (κ1) is 20.1. The first-order valence-electron chi connectivity index (χ1n) is 9.81. The molecule has 1 fully saturated rings. The van der Waals surface area contributed by atoms with Gasteiger partial charge in [-0.1, -0.05) is 42.0 Å². The van der Waals surface area contributed by atoms with E-state index in [2.05, 4.69) is 35.1 Å². The molecule has 0 amide bonds. The number of hydrogen-bond acceptors (Lipinski definition) is 5. The number of benzene rings is 1. The molecule has 0 unspecified atom stereocenters. The molecule has 0 saturated carbocycles. The molecule has 1 aliphatic rings. The Labute approximate surface area is 165 Å². The van der Waals surface area contributed by atoms with Gasteiger partial charge in [0.15, 0.2) is 0 Å². The maximum atomic E-state index is 12.5. The van der Waals surface area contributed by atoms with Crippen LogP contribution in [0.3, 0.4) is 0 Å². The lowest BCUT2D eigenvalue weighted by molar-refractivity contribution is -0.144.